The summed E-state index contributed by atoms with van der Waals surface area (Å²) >= 11 is 1.59. The molecule has 0 amide bonds. The third kappa shape index (κ3) is 4.23. The van der Waals surface area contributed by atoms with E-state index in [0.29, 0.717) is 57.5 Å². The van der Waals surface area contributed by atoms with Crippen molar-refractivity contribution in [3.05, 3.63) is 22.7 Å². The lowest BCUT2D eigenvalue weighted by atomic mass is 10.3. The van der Waals surface area contributed by atoms with E-state index in [2.05, 4.69) is 19.9 Å². The molecule has 0 saturated carbocycles. The summed E-state index contributed by atoms with van der Waals surface area (Å²) in [6.45, 7) is 5.51. The zero-order valence-electron chi connectivity index (χ0n) is 15.3. The van der Waals surface area contributed by atoms with Crippen molar-refractivity contribution in [2.45, 2.75) is 6.54 Å². The molecule has 2 aromatic rings. The molecule has 0 unspecified atom stereocenters. The van der Waals surface area contributed by atoms with Crippen LogP contribution >= 0.6 is 11.3 Å². The molecule has 4 rings (SSSR count). The van der Waals surface area contributed by atoms with Crippen molar-refractivity contribution in [1.82, 2.24) is 28.6 Å². The predicted octanol–water partition coefficient (Wildman–Crippen LogP) is 0.408. The number of aromatic nitrogens is 2. The fourth-order valence-electron chi connectivity index (χ4n) is 3.32. The minimum absolute atomic E-state index is 0.486. The van der Waals surface area contributed by atoms with Gasteiger partial charge in [0.05, 0.1) is 6.54 Å². The average molecular weight is 413 g/mol. The molecule has 2 aliphatic rings. The molecule has 0 radical (unpaired) electrons. The van der Waals surface area contributed by atoms with Crippen LogP contribution in [0.1, 0.15) is 5.89 Å². The quantitative estimate of drug-likeness (QED) is 0.703. The van der Waals surface area contributed by atoms with Crippen LogP contribution in [0, 0.1) is 0 Å². The van der Waals surface area contributed by atoms with Gasteiger partial charge in [0.2, 0.25) is 11.7 Å². The van der Waals surface area contributed by atoms with Gasteiger partial charge >= 0.3 is 0 Å². The Kier molecular flexibility index (Phi) is 5.58. The van der Waals surface area contributed by atoms with E-state index in [0.717, 1.165) is 18.7 Å². The lowest BCUT2D eigenvalue weighted by Crippen LogP contribution is -2.56. The summed E-state index contributed by atoms with van der Waals surface area (Å²) in [6, 6.07) is 1.96. The summed E-state index contributed by atoms with van der Waals surface area (Å²) in [6.07, 6.45) is 0. The van der Waals surface area contributed by atoms with Gasteiger partial charge < -0.3 is 9.42 Å². The zero-order valence-corrected chi connectivity index (χ0v) is 17.0. The van der Waals surface area contributed by atoms with Gasteiger partial charge in [0.25, 0.3) is 10.2 Å². The smallest absolute Gasteiger partial charge is 0.282 e. The normalized spacial score (nSPS) is 21.7. The van der Waals surface area contributed by atoms with E-state index in [-0.39, 0.29) is 0 Å². The molecule has 2 saturated heterocycles. The molecule has 0 atom stereocenters. The third-order valence-electron chi connectivity index (χ3n) is 5.05. The van der Waals surface area contributed by atoms with E-state index in [1.165, 1.54) is 0 Å². The van der Waals surface area contributed by atoms with E-state index in [1.54, 1.807) is 19.9 Å². The first-order chi connectivity index (χ1) is 13.0. The van der Waals surface area contributed by atoms with Crippen LogP contribution in [0.5, 0.6) is 0 Å². The summed E-state index contributed by atoms with van der Waals surface area (Å²) in [4.78, 5) is 8.74. The minimum atomic E-state index is -3.37. The second-order valence-corrected chi connectivity index (χ2v) is 9.62. The number of thiophene rings is 1. The zero-order chi connectivity index (χ0) is 18.9. The Morgan fingerprint density at radius 1 is 1.07 bits per heavy atom. The second-order valence-electron chi connectivity index (χ2n) is 6.91. The summed E-state index contributed by atoms with van der Waals surface area (Å²) in [5, 5.41) is 7.98. The Hall–Kier alpha value is -1.37. The first-order valence-corrected chi connectivity index (χ1v) is 11.4. The Morgan fingerprint density at radius 2 is 1.74 bits per heavy atom. The van der Waals surface area contributed by atoms with Gasteiger partial charge in [0, 0.05) is 63.3 Å². The van der Waals surface area contributed by atoms with Crippen LogP contribution < -0.4 is 0 Å². The average Bonchev–Trinajstić information content (AvgIpc) is 3.34. The number of nitrogens with zero attached hydrogens (tertiary/aromatic N) is 6. The number of likely N-dealkylation sites (N-methyl/N-ethyl adjacent to an activating group) is 1. The molecule has 27 heavy (non-hydrogen) atoms. The molecule has 0 aliphatic carbocycles. The van der Waals surface area contributed by atoms with Crippen LogP contribution in [0.4, 0.5) is 0 Å². The Balaban J connectivity index is 1.31. The van der Waals surface area contributed by atoms with Crippen LogP contribution in [0.3, 0.4) is 0 Å². The lowest BCUT2D eigenvalue weighted by molar-refractivity contribution is 0.152. The van der Waals surface area contributed by atoms with E-state index < -0.39 is 10.2 Å². The van der Waals surface area contributed by atoms with Crippen molar-refractivity contribution >= 4 is 21.5 Å². The second kappa shape index (κ2) is 7.94. The van der Waals surface area contributed by atoms with Gasteiger partial charge in [0.15, 0.2) is 0 Å². The van der Waals surface area contributed by atoms with Crippen molar-refractivity contribution in [3.63, 3.8) is 0 Å². The van der Waals surface area contributed by atoms with Crippen LogP contribution in [-0.4, -0.2) is 96.4 Å². The van der Waals surface area contributed by atoms with Crippen molar-refractivity contribution in [1.29, 1.82) is 0 Å². The number of piperazine rings is 2. The molecule has 11 heteroatoms. The van der Waals surface area contributed by atoms with Crippen LogP contribution in [0.25, 0.3) is 11.4 Å². The predicted molar refractivity (Wildman–Crippen MR) is 102 cm³/mol. The highest BCUT2D eigenvalue weighted by Gasteiger charge is 2.34. The Bertz CT molecular complexity index is 837. The van der Waals surface area contributed by atoms with Crippen molar-refractivity contribution in [2.75, 3.05) is 59.4 Å². The highest BCUT2D eigenvalue weighted by molar-refractivity contribution is 7.86. The maximum absolute atomic E-state index is 12.8. The first-order valence-electron chi connectivity index (χ1n) is 9.03. The van der Waals surface area contributed by atoms with Gasteiger partial charge in [-0.1, -0.05) is 5.16 Å². The summed E-state index contributed by atoms with van der Waals surface area (Å²) in [5.74, 6) is 1.16. The molecular formula is C16H24N6O3S2. The van der Waals surface area contributed by atoms with E-state index in [9.17, 15) is 8.42 Å². The largest absolute Gasteiger partial charge is 0.338 e. The molecule has 0 N–H and O–H groups in total. The van der Waals surface area contributed by atoms with E-state index in [1.807, 2.05) is 23.9 Å². The minimum Gasteiger partial charge on any atom is -0.338 e. The van der Waals surface area contributed by atoms with Crippen molar-refractivity contribution < 1.29 is 12.9 Å². The number of rotatable bonds is 5. The summed E-state index contributed by atoms with van der Waals surface area (Å²) in [7, 11) is -1.35. The molecule has 2 aromatic heterocycles. The summed E-state index contributed by atoms with van der Waals surface area (Å²) < 4.78 is 34.2. The van der Waals surface area contributed by atoms with Gasteiger partial charge in [-0.15, -0.1) is 0 Å². The van der Waals surface area contributed by atoms with E-state index in [4.69, 9.17) is 4.52 Å². The van der Waals surface area contributed by atoms with Gasteiger partial charge in [0.1, 0.15) is 0 Å². The maximum Gasteiger partial charge on any atom is 0.282 e. The molecule has 0 bridgehead atoms. The molecule has 2 fully saturated rings. The Morgan fingerprint density at radius 3 is 2.37 bits per heavy atom. The molecule has 0 aromatic carbocycles. The van der Waals surface area contributed by atoms with Crippen LogP contribution in [-0.2, 0) is 16.8 Å². The fraction of sp³-hybridized carbons (Fsp3) is 0.625. The first kappa shape index (κ1) is 19.0. The number of hydrogen-bond acceptors (Lipinski definition) is 8. The third-order valence-corrected chi connectivity index (χ3v) is 7.77. The number of hydrogen-bond donors (Lipinski definition) is 0. The SMILES string of the molecule is CN1CCN(S(=O)(=O)N2CCN(Cc3nc(-c4ccsc4)no3)CC2)CC1. The standard InChI is InChI=1S/C16H24N6O3S2/c1-19-3-7-21(8-4-19)27(23,24)22-9-5-20(6-10-22)12-15-17-16(18-25-15)14-2-11-26-13-14/h2,11,13H,3-10,12H2,1H3. The van der Waals surface area contributed by atoms with E-state index >= 15 is 0 Å². The van der Waals surface area contributed by atoms with Gasteiger partial charge in [-0.2, -0.15) is 33.3 Å². The van der Waals surface area contributed by atoms with Crippen molar-refractivity contribution in [3.8, 4) is 11.4 Å². The van der Waals surface area contributed by atoms with Gasteiger partial charge in [-0.25, -0.2) is 0 Å². The van der Waals surface area contributed by atoms with Crippen molar-refractivity contribution in [2.24, 2.45) is 0 Å². The summed E-state index contributed by atoms with van der Waals surface area (Å²) in [5.41, 5.74) is 0.957. The maximum atomic E-state index is 12.8. The monoisotopic (exact) mass is 412 g/mol. The molecule has 4 heterocycles. The molecule has 9 nitrogen and oxygen atoms in total. The van der Waals surface area contributed by atoms with Gasteiger partial charge in [-0.05, 0) is 18.5 Å². The highest BCUT2D eigenvalue weighted by atomic mass is 32.2. The highest BCUT2D eigenvalue weighted by Crippen LogP contribution is 2.20. The molecule has 0 spiro atoms. The van der Waals surface area contributed by atoms with Gasteiger partial charge in [-0.3, -0.25) is 4.90 Å². The lowest BCUT2D eigenvalue weighted by Gasteiger charge is -2.38. The molecular weight excluding hydrogens is 388 g/mol. The van der Waals surface area contributed by atoms with Crippen LogP contribution in [0.15, 0.2) is 21.3 Å². The topological polar surface area (TPSA) is 86.0 Å². The fourth-order valence-corrected chi connectivity index (χ4v) is 5.53. The Labute approximate surface area is 163 Å². The van der Waals surface area contributed by atoms with Crippen LogP contribution in [0.2, 0.25) is 0 Å². The molecule has 148 valence electrons. The molecule has 2 aliphatic heterocycles.